The number of nitrogens with one attached hydrogen (secondary N) is 1. The van der Waals surface area contributed by atoms with Crippen LogP contribution in [0.15, 0.2) is 36.5 Å². The average Bonchev–Trinajstić information content (AvgIpc) is 3.54. The number of anilines is 1. The van der Waals surface area contributed by atoms with E-state index in [0.717, 1.165) is 42.1 Å². The summed E-state index contributed by atoms with van der Waals surface area (Å²) in [5.74, 6) is -0.00289. The van der Waals surface area contributed by atoms with Gasteiger partial charge in [0.2, 0.25) is 0 Å². The topological polar surface area (TPSA) is 95.9 Å². The quantitative estimate of drug-likeness (QED) is 0.333. The van der Waals surface area contributed by atoms with Gasteiger partial charge in [-0.3, -0.25) is 9.88 Å². The van der Waals surface area contributed by atoms with Gasteiger partial charge in [0.25, 0.3) is 0 Å². The number of aryl methyl sites for hydroxylation is 1. The Hall–Kier alpha value is -3.67. The van der Waals surface area contributed by atoms with Crippen molar-refractivity contribution in [1.82, 2.24) is 25.2 Å². The van der Waals surface area contributed by atoms with Crippen molar-refractivity contribution >= 4 is 27.5 Å². The van der Waals surface area contributed by atoms with Gasteiger partial charge in [-0.05, 0) is 54.3 Å². The van der Waals surface area contributed by atoms with Crippen LogP contribution < -0.4 is 15.0 Å². The molecule has 0 aliphatic carbocycles. The lowest BCUT2D eigenvalue weighted by molar-refractivity contribution is 0.0374. The summed E-state index contributed by atoms with van der Waals surface area (Å²) in [7, 11) is 0. The van der Waals surface area contributed by atoms with Crippen LogP contribution in [0.1, 0.15) is 31.7 Å². The van der Waals surface area contributed by atoms with E-state index >= 15 is 4.39 Å². The molecular weight excluding hydrogens is 566 g/mol. The fraction of sp³-hybridized carbons (Fsp3) is 0.485. The first-order valence-corrected chi connectivity index (χ1v) is 15.6. The number of alkyl halides is 1. The van der Waals surface area contributed by atoms with Crippen LogP contribution in [0.4, 0.5) is 14.6 Å². The summed E-state index contributed by atoms with van der Waals surface area (Å²) in [6, 6.07) is 9.41. The Bertz CT molecular complexity index is 1740. The molecule has 4 aromatic rings. The minimum Gasteiger partial charge on any atom is -0.508 e. The largest absolute Gasteiger partial charge is 0.508 e. The van der Waals surface area contributed by atoms with Crippen molar-refractivity contribution in [2.24, 2.45) is 0 Å². The van der Waals surface area contributed by atoms with Crippen LogP contribution >= 0.6 is 0 Å². The number of aromatic nitrogens is 3. The Balaban J connectivity index is 1.26. The number of pyridine rings is 1. The zero-order valence-corrected chi connectivity index (χ0v) is 24.7. The number of halogens is 2. The molecule has 0 spiro atoms. The van der Waals surface area contributed by atoms with Crippen molar-refractivity contribution in [2.45, 2.75) is 56.4 Å². The first-order chi connectivity index (χ1) is 21.4. The molecule has 0 saturated carbocycles. The molecule has 4 atom stereocenters. The van der Waals surface area contributed by atoms with Crippen molar-refractivity contribution in [2.75, 3.05) is 50.9 Å². The maximum Gasteiger partial charge on any atom is 0.319 e. The van der Waals surface area contributed by atoms with Gasteiger partial charge in [-0.2, -0.15) is 9.97 Å². The highest BCUT2D eigenvalue weighted by Crippen LogP contribution is 2.41. The summed E-state index contributed by atoms with van der Waals surface area (Å²) >= 11 is 0. The summed E-state index contributed by atoms with van der Waals surface area (Å²) in [6.45, 7) is 5.99. The lowest BCUT2D eigenvalue weighted by atomic mass is 9.95. The highest BCUT2D eigenvalue weighted by molar-refractivity contribution is 6.01. The van der Waals surface area contributed by atoms with Crippen LogP contribution in [0.5, 0.6) is 11.8 Å². The molecule has 6 heterocycles. The molecule has 4 saturated heterocycles. The SMILES string of the molecule is CCc1cccc2cc(O)cc(-c3ncc4c(N5CC6COCC(C5)N6)nc(OC[C@@]56CCCN5C[C@H](F)C6)nc4c3F)c12. The van der Waals surface area contributed by atoms with Crippen molar-refractivity contribution in [3.05, 3.63) is 47.9 Å². The number of piperazine rings is 1. The van der Waals surface area contributed by atoms with Crippen LogP contribution in [0.3, 0.4) is 0 Å². The van der Waals surface area contributed by atoms with E-state index in [2.05, 4.69) is 25.1 Å². The molecule has 0 amide bonds. The summed E-state index contributed by atoms with van der Waals surface area (Å²) < 4.78 is 43.3. The maximum absolute atomic E-state index is 16.8. The lowest BCUT2D eigenvalue weighted by Gasteiger charge is -2.42. The molecule has 11 heteroatoms. The highest BCUT2D eigenvalue weighted by Gasteiger charge is 2.49. The third kappa shape index (κ3) is 4.64. The Labute approximate surface area is 254 Å². The van der Waals surface area contributed by atoms with E-state index in [0.29, 0.717) is 56.0 Å². The molecule has 0 radical (unpaired) electrons. The molecule has 4 fully saturated rings. The molecule has 4 aliphatic heterocycles. The first-order valence-electron chi connectivity index (χ1n) is 15.6. The van der Waals surface area contributed by atoms with Crippen molar-refractivity contribution in [1.29, 1.82) is 0 Å². The summed E-state index contributed by atoms with van der Waals surface area (Å²) in [6.07, 6.45) is 3.75. The van der Waals surface area contributed by atoms with Gasteiger partial charge in [0, 0.05) is 49.9 Å². The monoisotopic (exact) mass is 602 g/mol. The maximum atomic E-state index is 16.8. The van der Waals surface area contributed by atoms with Gasteiger partial charge in [0.15, 0.2) is 5.82 Å². The van der Waals surface area contributed by atoms with E-state index in [-0.39, 0.29) is 47.2 Å². The third-order valence-electron chi connectivity index (χ3n) is 9.85. The van der Waals surface area contributed by atoms with Crippen LogP contribution in [-0.4, -0.2) is 94.8 Å². The number of ether oxygens (including phenoxy) is 2. The molecule has 230 valence electrons. The Kier molecular flexibility index (Phi) is 6.80. The normalized spacial score (nSPS) is 26.9. The fourth-order valence-electron chi connectivity index (χ4n) is 7.91. The number of phenolic OH excluding ortho intramolecular Hbond substituents is 1. The van der Waals surface area contributed by atoms with Gasteiger partial charge >= 0.3 is 6.01 Å². The Morgan fingerprint density at radius 3 is 2.82 bits per heavy atom. The number of aromatic hydroxyl groups is 1. The predicted octanol–water partition coefficient (Wildman–Crippen LogP) is 4.38. The minimum absolute atomic E-state index is 0.0344. The second-order valence-electron chi connectivity index (χ2n) is 12.7. The number of benzene rings is 2. The zero-order valence-electron chi connectivity index (χ0n) is 24.7. The van der Waals surface area contributed by atoms with E-state index in [9.17, 15) is 9.50 Å². The molecule has 8 rings (SSSR count). The van der Waals surface area contributed by atoms with Gasteiger partial charge in [-0.25, -0.2) is 8.78 Å². The van der Waals surface area contributed by atoms with Gasteiger partial charge < -0.3 is 24.8 Å². The van der Waals surface area contributed by atoms with Crippen molar-refractivity contribution < 1.29 is 23.4 Å². The number of rotatable bonds is 6. The molecule has 2 unspecified atom stereocenters. The second-order valence-corrected chi connectivity index (χ2v) is 12.7. The number of phenols is 1. The predicted molar refractivity (Wildman–Crippen MR) is 164 cm³/mol. The zero-order chi connectivity index (χ0) is 30.0. The van der Waals surface area contributed by atoms with Gasteiger partial charge in [0.05, 0.1) is 24.1 Å². The van der Waals surface area contributed by atoms with E-state index in [1.165, 1.54) is 0 Å². The van der Waals surface area contributed by atoms with E-state index in [1.807, 2.05) is 25.1 Å². The molecule has 2 bridgehead atoms. The first kappa shape index (κ1) is 27.8. The van der Waals surface area contributed by atoms with Crippen LogP contribution in [-0.2, 0) is 11.2 Å². The minimum atomic E-state index is -0.884. The van der Waals surface area contributed by atoms with Gasteiger partial charge in [-0.1, -0.05) is 25.1 Å². The smallest absolute Gasteiger partial charge is 0.319 e. The highest BCUT2D eigenvalue weighted by atomic mass is 19.1. The second kappa shape index (κ2) is 10.7. The number of morpholine rings is 1. The molecular formula is C33H36F2N6O3. The Morgan fingerprint density at radius 2 is 2.00 bits per heavy atom. The van der Waals surface area contributed by atoms with Gasteiger partial charge in [-0.15, -0.1) is 0 Å². The standard InChI is InChI=1S/C33H36F2N6O3/c1-2-19-5-3-6-20-9-24(42)10-25(27(19)20)29-28(35)30-26(12-36-29)31(40-14-22-16-43-17-23(15-40)37-22)39-32(38-30)44-18-33-7-4-8-41(33)13-21(34)11-33/h3,5-6,9-10,12,21-23,37,42H,2,4,7-8,11,13-18H2,1H3/t21-,22?,23?,33+/m1/s1. The van der Waals surface area contributed by atoms with Crippen molar-refractivity contribution in [3.63, 3.8) is 0 Å². The molecule has 2 N–H and O–H groups in total. The number of fused-ring (bicyclic) bond motifs is 5. The van der Waals surface area contributed by atoms with Crippen LogP contribution in [0.2, 0.25) is 0 Å². The van der Waals surface area contributed by atoms with E-state index < -0.39 is 12.0 Å². The molecule has 44 heavy (non-hydrogen) atoms. The molecule has 4 aliphatic rings. The molecule has 2 aromatic carbocycles. The van der Waals surface area contributed by atoms with Crippen LogP contribution in [0, 0.1) is 5.82 Å². The number of hydrogen-bond acceptors (Lipinski definition) is 9. The molecule has 9 nitrogen and oxygen atoms in total. The van der Waals surface area contributed by atoms with Crippen molar-refractivity contribution in [3.8, 4) is 23.0 Å². The average molecular weight is 603 g/mol. The summed E-state index contributed by atoms with van der Waals surface area (Å²) in [4.78, 5) is 18.4. The number of nitrogens with zero attached hydrogens (tertiary/aromatic N) is 5. The van der Waals surface area contributed by atoms with Gasteiger partial charge in [0.1, 0.15) is 35.6 Å². The van der Waals surface area contributed by atoms with E-state index in [4.69, 9.17) is 14.5 Å². The lowest BCUT2D eigenvalue weighted by Crippen LogP contribution is -2.63. The third-order valence-corrected chi connectivity index (χ3v) is 9.85. The summed E-state index contributed by atoms with van der Waals surface area (Å²) in [5, 5.41) is 16.3. The summed E-state index contributed by atoms with van der Waals surface area (Å²) in [5.41, 5.74) is 1.37. The number of hydrogen-bond donors (Lipinski definition) is 2. The van der Waals surface area contributed by atoms with E-state index in [1.54, 1.807) is 18.3 Å². The molecule has 2 aromatic heterocycles. The Morgan fingerprint density at radius 1 is 1.16 bits per heavy atom. The fourth-order valence-corrected chi connectivity index (χ4v) is 7.91. The van der Waals surface area contributed by atoms with Crippen LogP contribution in [0.25, 0.3) is 32.9 Å².